The van der Waals surface area contributed by atoms with E-state index < -0.39 is 11.7 Å². The Hall–Kier alpha value is -3.32. The highest BCUT2D eigenvalue weighted by Crippen LogP contribution is 2.17. The van der Waals surface area contributed by atoms with Crippen molar-refractivity contribution >= 4 is 32.6 Å². The van der Waals surface area contributed by atoms with E-state index in [-0.39, 0.29) is 17.8 Å². The summed E-state index contributed by atoms with van der Waals surface area (Å²) in [7, 11) is 0. The van der Waals surface area contributed by atoms with Gasteiger partial charge < -0.3 is 5.32 Å². The van der Waals surface area contributed by atoms with Crippen molar-refractivity contribution in [3.05, 3.63) is 105 Å². The number of hydrogen-bond acceptors (Lipinski definition) is 3. The molecule has 1 heterocycles. The molecule has 144 valence electrons. The molecule has 0 bridgehead atoms. The molecule has 1 aromatic heterocycles. The highest BCUT2D eigenvalue weighted by molar-refractivity contribution is 9.10. The zero-order valence-corrected chi connectivity index (χ0v) is 16.7. The van der Waals surface area contributed by atoms with E-state index >= 15 is 0 Å². The Morgan fingerprint density at radius 1 is 1.00 bits per heavy atom. The Labute approximate surface area is 173 Å². The fourth-order valence-corrected chi connectivity index (χ4v) is 3.45. The molecule has 0 aliphatic carbocycles. The number of para-hydroxylation sites is 1. The summed E-state index contributed by atoms with van der Waals surface area (Å²) >= 11 is 3.29. The molecule has 0 aliphatic heterocycles. The zero-order valence-electron chi connectivity index (χ0n) is 15.1. The van der Waals surface area contributed by atoms with Crippen LogP contribution in [-0.4, -0.2) is 15.7 Å². The zero-order chi connectivity index (χ0) is 20.4. The molecule has 1 N–H and O–H groups in total. The lowest BCUT2D eigenvalue weighted by Crippen LogP contribution is -2.30. The summed E-state index contributed by atoms with van der Waals surface area (Å²) in [6.45, 7) is -0.00935. The SMILES string of the molecule is O=C(NCc1cc(Br)ccc1F)c1nn(-c2ccccc2)c(=O)c2ccccc12. The number of benzene rings is 3. The molecule has 4 aromatic rings. The van der Waals surface area contributed by atoms with Crippen molar-refractivity contribution in [3.8, 4) is 5.69 Å². The Kier molecular flexibility index (Phi) is 5.22. The highest BCUT2D eigenvalue weighted by Gasteiger charge is 2.17. The molecule has 0 atom stereocenters. The second-order valence-corrected chi connectivity index (χ2v) is 7.28. The molecule has 0 unspecified atom stereocenters. The smallest absolute Gasteiger partial charge is 0.279 e. The lowest BCUT2D eigenvalue weighted by Gasteiger charge is -2.12. The van der Waals surface area contributed by atoms with Crippen LogP contribution in [0.3, 0.4) is 0 Å². The number of rotatable bonds is 4. The maximum atomic E-state index is 14.0. The van der Waals surface area contributed by atoms with E-state index in [9.17, 15) is 14.0 Å². The van der Waals surface area contributed by atoms with Gasteiger partial charge in [0.05, 0.1) is 11.1 Å². The molecule has 0 radical (unpaired) electrons. The molecule has 1 amide bonds. The summed E-state index contributed by atoms with van der Waals surface area (Å²) in [6.07, 6.45) is 0. The minimum Gasteiger partial charge on any atom is -0.346 e. The van der Waals surface area contributed by atoms with E-state index in [4.69, 9.17) is 0 Å². The number of halogens is 2. The van der Waals surface area contributed by atoms with Crippen molar-refractivity contribution in [2.45, 2.75) is 6.54 Å². The standard InChI is InChI=1S/C22H15BrFN3O2/c23-15-10-11-19(24)14(12-15)13-25-21(28)20-17-8-4-5-9-18(17)22(29)27(26-20)16-6-2-1-3-7-16/h1-12H,13H2,(H,25,28). The van der Waals surface area contributed by atoms with Crippen LogP contribution >= 0.6 is 15.9 Å². The molecule has 0 saturated heterocycles. The van der Waals surface area contributed by atoms with Crippen LogP contribution < -0.4 is 10.9 Å². The molecule has 4 rings (SSSR count). The van der Waals surface area contributed by atoms with Crippen LogP contribution in [0.4, 0.5) is 4.39 Å². The molecule has 7 heteroatoms. The summed E-state index contributed by atoms with van der Waals surface area (Å²) in [5.41, 5.74) is 0.671. The van der Waals surface area contributed by atoms with Gasteiger partial charge in [-0.1, -0.05) is 52.3 Å². The highest BCUT2D eigenvalue weighted by atomic mass is 79.9. The number of nitrogens with zero attached hydrogens (tertiary/aromatic N) is 2. The topological polar surface area (TPSA) is 64.0 Å². The maximum absolute atomic E-state index is 14.0. The quantitative estimate of drug-likeness (QED) is 0.505. The Morgan fingerprint density at radius 2 is 1.69 bits per heavy atom. The molecule has 0 aliphatic rings. The molecule has 0 fully saturated rings. The van der Waals surface area contributed by atoms with E-state index in [1.807, 2.05) is 6.07 Å². The van der Waals surface area contributed by atoms with Crippen molar-refractivity contribution < 1.29 is 9.18 Å². The van der Waals surface area contributed by atoms with Crippen LogP contribution in [0.25, 0.3) is 16.5 Å². The molecule has 3 aromatic carbocycles. The first-order chi connectivity index (χ1) is 14.0. The second-order valence-electron chi connectivity index (χ2n) is 6.37. The first-order valence-corrected chi connectivity index (χ1v) is 9.63. The van der Waals surface area contributed by atoms with Gasteiger partial charge in [-0.05, 0) is 36.4 Å². The predicted octanol–water partition coefficient (Wildman–Crippen LogP) is 4.22. The van der Waals surface area contributed by atoms with Gasteiger partial charge in [-0.3, -0.25) is 9.59 Å². The largest absolute Gasteiger partial charge is 0.346 e. The van der Waals surface area contributed by atoms with Crippen molar-refractivity contribution in [1.82, 2.24) is 15.1 Å². The number of hydrogen-bond donors (Lipinski definition) is 1. The van der Waals surface area contributed by atoms with Gasteiger partial charge in [0.2, 0.25) is 0 Å². The third-order valence-corrected chi connectivity index (χ3v) is 4.96. The Bertz CT molecular complexity index is 1270. The van der Waals surface area contributed by atoms with Crippen LogP contribution in [0.15, 0.2) is 82.1 Å². The van der Waals surface area contributed by atoms with Gasteiger partial charge in [0, 0.05) is 22.0 Å². The van der Waals surface area contributed by atoms with E-state index in [1.165, 1.54) is 10.7 Å². The van der Waals surface area contributed by atoms with Crippen LogP contribution in [0.1, 0.15) is 16.1 Å². The van der Waals surface area contributed by atoms with Crippen molar-refractivity contribution in [3.63, 3.8) is 0 Å². The van der Waals surface area contributed by atoms with Gasteiger partial charge in [-0.15, -0.1) is 0 Å². The number of carbonyl (C=O) groups excluding carboxylic acids is 1. The predicted molar refractivity (Wildman–Crippen MR) is 113 cm³/mol. The fraction of sp³-hybridized carbons (Fsp3) is 0.0455. The third kappa shape index (κ3) is 3.82. The van der Waals surface area contributed by atoms with Gasteiger partial charge in [-0.2, -0.15) is 9.78 Å². The van der Waals surface area contributed by atoms with E-state index in [0.29, 0.717) is 26.5 Å². The lowest BCUT2D eigenvalue weighted by molar-refractivity contribution is 0.0946. The van der Waals surface area contributed by atoms with E-state index in [1.54, 1.807) is 60.7 Å². The van der Waals surface area contributed by atoms with Crippen molar-refractivity contribution in [2.75, 3.05) is 0 Å². The van der Waals surface area contributed by atoms with Gasteiger partial charge in [0.1, 0.15) is 5.82 Å². The minimum atomic E-state index is -0.495. The molecule has 0 saturated carbocycles. The first kappa shape index (κ1) is 19.0. The average Bonchev–Trinajstić information content (AvgIpc) is 2.75. The number of carbonyl (C=O) groups is 1. The van der Waals surface area contributed by atoms with Crippen LogP contribution in [0.5, 0.6) is 0 Å². The summed E-state index contributed by atoms with van der Waals surface area (Å²) in [5.74, 6) is -0.911. The first-order valence-electron chi connectivity index (χ1n) is 8.84. The van der Waals surface area contributed by atoms with Gasteiger partial charge in [-0.25, -0.2) is 4.39 Å². The summed E-state index contributed by atoms with van der Waals surface area (Å²) in [5, 5.41) is 7.83. The van der Waals surface area contributed by atoms with Gasteiger partial charge >= 0.3 is 0 Å². The molecular weight excluding hydrogens is 437 g/mol. The summed E-state index contributed by atoms with van der Waals surface area (Å²) < 4.78 is 15.9. The summed E-state index contributed by atoms with van der Waals surface area (Å²) in [4.78, 5) is 25.8. The number of fused-ring (bicyclic) bond motifs is 1. The monoisotopic (exact) mass is 451 g/mol. The molecule has 5 nitrogen and oxygen atoms in total. The molecule has 0 spiro atoms. The lowest BCUT2D eigenvalue weighted by atomic mass is 10.1. The van der Waals surface area contributed by atoms with Crippen LogP contribution in [0.2, 0.25) is 0 Å². The number of nitrogens with one attached hydrogen (secondary N) is 1. The number of amides is 1. The normalized spacial score (nSPS) is 10.8. The maximum Gasteiger partial charge on any atom is 0.279 e. The third-order valence-electron chi connectivity index (χ3n) is 4.47. The Balaban J connectivity index is 1.76. The molecule has 29 heavy (non-hydrogen) atoms. The average molecular weight is 452 g/mol. The minimum absolute atomic E-state index is 0.00935. The van der Waals surface area contributed by atoms with Gasteiger partial charge in [0.25, 0.3) is 11.5 Å². The van der Waals surface area contributed by atoms with Crippen molar-refractivity contribution in [2.24, 2.45) is 0 Å². The number of aromatic nitrogens is 2. The van der Waals surface area contributed by atoms with Gasteiger partial charge in [0.15, 0.2) is 5.69 Å². The molecular formula is C22H15BrFN3O2. The summed E-state index contributed by atoms with van der Waals surface area (Å²) in [6, 6.07) is 20.2. The fourth-order valence-electron chi connectivity index (χ4n) is 3.04. The Morgan fingerprint density at radius 3 is 2.45 bits per heavy atom. The van der Waals surface area contributed by atoms with Crippen molar-refractivity contribution in [1.29, 1.82) is 0 Å². The van der Waals surface area contributed by atoms with E-state index in [2.05, 4.69) is 26.3 Å². The second kappa shape index (κ2) is 7.97. The van der Waals surface area contributed by atoms with Crippen LogP contribution in [-0.2, 0) is 6.54 Å². The van der Waals surface area contributed by atoms with Crippen LogP contribution in [0, 0.1) is 5.82 Å². The van der Waals surface area contributed by atoms with E-state index in [0.717, 1.165) is 0 Å².